The maximum atomic E-state index is 6.12. The largest absolute Gasteiger partial charge is 0.368 e. The molecule has 3 atom stereocenters. The summed E-state index contributed by atoms with van der Waals surface area (Å²) in [7, 11) is 3.84. The van der Waals surface area contributed by atoms with Gasteiger partial charge in [-0.05, 0) is 12.8 Å². The van der Waals surface area contributed by atoms with Crippen LogP contribution in [0.3, 0.4) is 0 Å². The highest BCUT2D eigenvalue weighted by Gasteiger charge is 2.33. The summed E-state index contributed by atoms with van der Waals surface area (Å²) in [5, 5.41) is 0. The molecule has 1 aliphatic rings. The number of hydrogen-bond acceptors (Lipinski definition) is 6. The number of nitrogens with two attached hydrogens (primary N) is 1. The van der Waals surface area contributed by atoms with Gasteiger partial charge in [0, 0.05) is 20.0 Å². The van der Waals surface area contributed by atoms with Crippen LogP contribution in [0.1, 0.15) is 32.9 Å². The molecule has 21 heavy (non-hydrogen) atoms. The molecule has 7 nitrogen and oxygen atoms in total. The number of nitrogen functional groups attached to an aromatic ring is 1. The molecule has 114 valence electrons. The van der Waals surface area contributed by atoms with Crippen LogP contribution in [-0.4, -0.2) is 39.7 Å². The van der Waals surface area contributed by atoms with Crippen molar-refractivity contribution in [1.82, 2.24) is 19.5 Å². The Labute approximate surface area is 124 Å². The molecule has 0 aromatic carbocycles. The van der Waals surface area contributed by atoms with E-state index in [0.717, 1.165) is 29.8 Å². The number of imidazole rings is 1. The minimum absolute atomic E-state index is 0.0377. The second kappa shape index (κ2) is 5.14. The predicted octanol–water partition coefficient (Wildman–Crippen LogP) is 1.81. The Bertz CT molecular complexity index is 652. The van der Waals surface area contributed by atoms with Gasteiger partial charge < -0.3 is 15.4 Å². The van der Waals surface area contributed by atoms with Gasteiger partial charge in [0.15, 0.2) is 17.0 Å². The average Bonchev–Trinajstić information content (AvgIpc) is 3.00. The van der Waals surface area contributed by atoms with Crippen LogP contribution in [0.2, 0.25) is 0 Å². The van der Waals surface area contributed by atoms with E-state index in [0.29, 0.717) is 12.0 Å². The Morgan fingerprint density at radius 1 is 1.43 bits per heavy atom. The molecule has 0 spiro atoms. The average molecular weight is 290 g/mol. The molecule has 0 saturated carbocycles. The zero-order valence-corrected chi connectivity index (χ0v) is 12.9. The SMILES string of the molecule is CC[C@@H]1CC(C)[C@H](n2cnc3c(N(C)C)nc(N)nc32)O1. The van der Waals surface area contributed by atoms with Gasteiger partial charge in [-0.1, -0.05) is 13.8 Å². The highest BCUT2D eigenvalue weighted by atomic mass is 16.5. The van der Waals surface area contributed by atoms with Gasteiger partial charge in [-0.2, -0.15) is 9.97 Å². The fourth-order valence-corrected chi connectivity index (χ4v) is 2.94. The normalized spacial score (nSPS) is 25.6. The molecule has 1 unspecified atom stereocenters. The fraction of sp³-hybridized carbons (Fsp3) is 0.643. The quantitative estimate of drug-likeness (QED) is 0.928. The minimum atomic E-state index is -0.0377. The van der Waals surface area contributed by atoms with Crippen molar-refractivity contribution in [2.45, 2.75) is 39.0 Å². The van der Waals surface area contributed by atoms with Crippen LogP contribution in [0.15, 0.2) is 6.33 Å². The van der Waals surface area contributed by atoms with Gasteiger partial charge in [-0.25, -0.2) is 4.98 Å². The van der Waals surface area contributed by atoms with E-state index in [2.05, 4.69) is 28.8 Å². The standard InChI is InChI=1S/C14H22N6O/c1-5-9-6-8(2)13(21-9)20-7-16-10-11(19(3)4)17-14(15)18-12(10)20/h7-9,13H,5-6H2,1-4H3,(H2,15,17,18)/t8?,9-,13-/m1/s1. The van der Waals surface area contributed by atoms with Crippen LogP contribution in [0.5, 0.6) is 0 Å². The number of aromatic nitrogens is 4. The van der Waals surface area contributed by atoms with E-state index in [1.54, 1.807) is 6.33 Å². The Morgan fingerprint density at radius 3 is 2.81 bits per heavy atom. The van der Waals surface area contributed by atoms with Gasteiger partial charge >= 0.3 is 0 Å². The molecule has 0 radical (unpaired) electrons. The van der Waals surface area contributed by atoms with E-state index in [1.165, 1.54) is 0 Å². The summed E-state index contributed by atoms with van der Waals surface area (Å²) in [6, 6.07) is 0. The van der Waals surface area contributed by atoms with Crippen molar-refractivity contribution >= 4 is 22.9 Å². The molecule has 3 heterocycles. The molecule has 1 saturated heterocycles. The molecule has 1 fully saturated rings. The molecule has 0 amide bonds. The topological polar surface area (TPSA) is 82.1 Å². The third kappa shape index (κ3) is 2.31. The summed E-state index contributed by atoms with van der Waals surface area (Å²) in [4.78, 5) is 15.0. The third-order valence-corrected chi connectivity index (χ3v) is 4.03. The molecule has 2 aromatic heterocycles. The zero-order chi connectivity index (χ0) is 15.1. The minimum Gasteiger partial charge on any atom is -0.368 e. The van der Waals surface area contributed by atoms with Gasteiger partial charge in [-0.3, -0.25) is 4.57 Å². The zero-order valence-electron chi connectivity index (χ0n) is 12.9. The van der Waals surface area contributed by atoms with Crippen molar-refractivity contribution in [2.75, 3.05) is 24.7 Å². The fourth-order valence-electron chi connectivity index (χ4n) is 2.94. The molecule has 0 bridgehead atoms. The van der Waals surface area contributed by atoms with E-state index >= 15 is 0 Å². The first-order valence-electron chi connectivity index (χ1n) is 7.34. The van der Waals surface area contributed by atoms with Gasteiger partial charge in [0.2, 0.25) is 5.95 Å². The summed E-state index contributed by atoms with van der Waals surface area (Å²) in [5.74, 6) is 1.41. The number of hydrogen-bond donors (Lipinski definition) is 1. The molecule has 7 heteroatoms. The van der Waals surface area contributed by atoms with Crippen LogP contribution >= 0.6 is 0 Å². The number of rotatable bonds is 3. The van der Waals surface area contributed by atoms with Crippen LogP contribution in [-0.2, 0) is 4.74 Å². The highest BCUT2D eigenvalue weighted by Crippen LogP contribution is 2.37. The maximum absolute atomic E-state index is 6.12. The lowest BCUT2D eigenvalue weighted by molar-refractivity contribution is -0.00903. The second-order valence-electron chi connectivity index (χ2n) is 5.89. The lowest BCUT2D eigenvalue weighted by Crippen LogP contribution is -2.16. The van der Waals surface area contributed by atoms with Crippen LogP contribution in [0.25, 0.3) is 11.2 Å². The van der Waals surface area contributed by atoms with Gasteiger partial charge in [0.1, 0.15) is 6.23 Å². The molecular weight excluding hydrogens is 268 g/mol. The number of fused-ring (bicyclic) bond motifs is 1. The van der Waals surface area contributed by atoms with Crippen LogP contribution in [0, 0.1) is 5.92 Å². The molecule has 0 aliphatic carbocycles. The Morgan fingerprint density at radius 2 is 2.19 bits per heavy atom. The Balaban J connectivity index is 2.08. The molecular formula is C14H22N6O. The predicted molar refractivity (Wildman–Crippen MR) is 82.0 cm³/mol. The second-order valence-corrected chi connectivity index (χ2v) is 5.89. The smallest absolute Gasteiger partial charge is 0.224 e. The Kier molecular flexibility index (Phi) is 3.44. The first-order valence-corrected chi connectivity index (χ1v) is 7.34. The highest BCUT2D eigenvalue weighted by molar-refractivity contribution is 5.84. The van der Waals surface area contributed by atoms with Gasteiger partial charge in [0.05, 0.1) is 12.4 Å². The van der Waals surface area contributed by atoms with Crippen molar-refractivity contribution in [3.8, 4) is 0 Å². The lowest BCUT2D eigenvalue weighted by Gasteiger charge is -2.18. The van der Waals surface area contributed by atoms with E-state index in [-0.39, 0.29) is 12.2 Å². The molecule has 2 N–H and O–H groups in total. The number of ether oxygens (including phenoxy) is 1. The molecule has 3 rings (SSSR count). The van der Waals surface area contributed by atoms with Crippen LogP contribution in [0.4, 0.5) is 11.8 Å². The summed E-state index contributed by atoms with van der Waals surface area (Å²) < 4.78 is 8.11. The number of anilines is 2. The van der Waals surface area contributed by atoms with E-state index < -0.39 is 0 Å². The first-order chi connectivity index (χ1) is 10.0. The van der Waals surface area contributed by atoms with Crippen molar-refractivity contribution in [3.05, 3.63) is 6.33 Å². The van der Waals surface area contributed by atoms with Crippen molar-refractivity contribution in [1.29, 1.82) is 0 Å². The summed E-state index contributed by atoms with van der Waals surface area (Å²) in [6.07, 6.45) is 4.12. The maximum Gasteiger partial charge on any atom is 0.224 e. The van der Waals surface area contributed by atoms with Crippen molar-refractivity contribution in [2.24, 2.45) is 5.92 Å². The van der Waals surface area contributed by atoms with E-state index in [4.69, 9.17) is 10.5 Å². The first kappa shape index (κ1) is 14.1. The van der Waals surface area contributed by atoms with Gasteiger partial charge in [0.25, 0.3) is 0 Å². The van der Waals surface area contributed by atoms with Gasteiger partial charge in [-0.15, -0.1) is 0 Å². The summed E-state index contributed by atoms with van der Waals surface area (Å²) in [5.41, 5.74) is 7.34. The Hall–Kier alpha value is -1.89. The molecule has 2 aromatic rings. The lowest BCUT2D eigenvalue weighted by atomic mass is 10.0. The number of nitrogens with zero attached hydrogens (tertiary/aromatic N) is 5. The summed E-state index contributed by atoms with van der Waals surface area (Å²) in [6.45, 7) is 4.35. The van der Waals surface area contributed by atoms with Crippen LogP contribution < -0.4 is 10.6 Å². The molecule has 1 aliphatic heterocycles. The van der Waals surface area contributed by atoms with Crippen molar-refractivity contribution in [3.63, 3.8) is 0 Å². The van der Waals surface area contributed by atoms with Crippen molar-refractivity contribution < 1.29 is 4.74 Å². The third-order valence-electron chi connectivity index (χ3n) is 4.03. The van der Waals surface area contributed by atoms with E-state index in [1.807, 2.05) is 23.6 Å². The monoisotopic (exact) mass is 290 g/mol. The van der Waals surface area contributed by atoms with E-state index in [9.17, 15) is 0 Å². The summed E-state index contributed by atoms with van der Waals surface area (Å²) >= 11 is 0.